The van der Waals surface area contributed by atoms with E-state index < -0.39 is 0 Å². The van der Waals surface area contributed by atoms with Crippen LogP contribution < -0.4 is 15.2 Å². The van der Waals surface area contributed by atoms with Crippen LogP contribution in [0.15, 0.2) is 70.8 Å². The fourth-order valence-electron chi connectivity index (χ4n) is 6.75. The molecule has 2 aromatic carbocycles. The molecule has 2 heterocycles. The lowest BCUT2D eigenvalue weighted by Gasteiger charge is -2.51. The summed E-state index contributed by atoms with van der Waals surface area (Å²) in [7, 11) is 4.12. The quantitative estimate of drug-likeness (QED) is 0.490. The van der Waals surface area contributed by atoms with E-state index in [-0.39, 0.29) is 34.9 Å². The van der Waals surface area contributed by atoms with Crippen LogP contribution in [0.5, 0.6) is 0 Å². The Bertz CT molecular complexity index is 1260. The maximum Gasteiger partial charge on any atom is 0.164 e. The van der Waals surface area contributed by atoms with Gasteiger partial charge >= 0.3 is 0 Å². The van der Waals surface area contributed by atoms with Crippen molar-refractivity contribution in [3.05, 3.63) is 71.3 Å². The third kappa shape index (κ3) is 4.49. The zero-order valence-electron chi connectivity index (χ0n) is 24.5. The number of ketones is 1. The van der Waals surface area contributed by atoms with Crippen molar-refractivity contribution in [1.82, 2.24) is 5.32 Å². The number of Topliss-reactive ketones (excluding diaryl/α,β-unsaturated/α-hetero) is 1. The Morgan fingerprint density at radius 2 is 1.50 bits per heavy atom. The SMILES string of the molecule is CC1=NN(c2ccccc2)C2NC(c3ccc(N(C)C)cc3)C3=C(C12)C(C(C)(C)C)CC(C(C)(C)C)C3=O. The first-order valence-corrected chi connectivity index (χ1v) is 14.0. The van der Waals surface area contributed by atoms with Gasteiger partial charge in [0.2, 0.25) is 0 Å². The van der Waals surface area contributed by atoms with Crippen molar-refractivity contribution in [2.24, 2.45) is 33.7 Å². The maximum absolute atomic E-state index is 14.5. The smallest absolute Gasteiger partial charge is 0.164 e. The van der Waals surface area contributed by atoms with Gasteiger partial charge in [0.15, 0.2) is 5.78 Å². The molecule has 0 bridgehead atoms. The number of carbonyl (C=O) groups is 1. The molecular formula is C33H44N4O. The van der Waals surface area contributed by atoms with Gasteiger partial charge in [0.05, 0.1) is 17.6 Å². The van der Waals surface area contributed by atoms with E-state index >= 15 is 0 Å². The minimum Gasteiger partial charge on any atom is -0.378 e. The molecule has 0 spiro atoms. The highest BCUT2D eigenvalue weighted by Crippen LogP contribution is 2.55. The monoisotopic (exact) mass is 512 g/mol. The highest BCUT2D eigenvalue weighted by atomic mass is 16.1. The van der Waals surface area contributed by atoms with Gasteiger partial charge in [0.25, 0.3) is 0 Å². The molecule has 0 amide bonds. The van der Waals surface area contributed by atoms with Crippen LogP contribution in [0.25, 0.3) is 0 Å². The van der Waals surface area contributed by atoms with Crippen LogP contribution in [-0.4, -0.2) is 31.8 Å². The molecular weight excluding hydrogens is 468 g/mol. The van der Waals surface area contributed by atoms with E-state index in [9.17, 15) is 4.79 Å². The second-order valence-electron chi connectivity index (χ2n) is 13.7. The van der Waals surface area contributed by atoms with Crippen molar-refractivity contribution in [1.29, 1.82) is 0 Å². The second-order valence-corrected chi connectivity index (χ2v) is 13.7. The first-order chi connectivity index (χ1) is 17.8. The zero-order valence-corrected chi connectivity index (χ0v) is 24.5. The average Bonchev–Trinajstić information content (AvgIpc) is 3.19. The first kappa shape index (κ1) is 26.7. The highest BCUT2D eigenvalue weighted by molar-refractivity contribution is 6.03. The largest absolute Gasteiger partial charge is 0.378 e. The van der Waals surface area contributed by atoms with E-state index in [2.05, 4.69) is 126 Å². The third-order valence-electron chi connectivity index (χ3n) is 8.85. The number of anilines is 2. The van der Waals surface area contributed by atoms with Crippen LogP contribution in [0.4, 0.5) is 11.4 Å². The first-order valence-electron chi connectivity index (χ1n) is 14.0. The average molecular weight is 513 g/mol. The van der Waals surface area contributed by atoms with Crippen LogP contribution in [0.1, 0.15) is 66.5 Å². The summed E-state index contributed by atoms with van der Waals surface area (Å²) in [5.74, 6) is 0.651. The van der Waals surface area contributed by atoms with Crippen LogP contribution >= 0.6 is 0 Å². The molecule has 0 saturated carbocycles. The molecule has 3 aliphatic rings. The lowest BCUT2D eigenvalue weighted by Crippen LogP contribution is -2.56. The van der Waals surface area contributed by atoms with Gasteiger partial charge in [-0.05, 0) is 65.5 Å². The number of hydrogen-bond donors (Lipinski definition) is 1. The fourth-order valence-corrected chi connectivity index (χ4v) is 6.75. The molecule has 5 rings (SSSR count). The Labute approximate surface area is 229 Å². The molecule has 0 fully saturated rings. The minimum atomic E-state index is -0.183. The second kappa shape index (κ2) is 9.37. The van der Waals surface area contributed by atoms with Crippen molar-refractivity contribution in [2.45, 2.75) is 67.1 Å². The molecule has 2 aliphatic heterocycles. The van der Waals surface area contributed by atoms with E-state index in [1.54, 1.807) is 0 Å². The number of para-hydroxylation sites is 1. The Hall–Kier alpha value is -2.92. The zero-order chi connectivity index (χ0) is 27.6. The Balaban J connectivity index is 1.73. The van der Waals surface area contributed by atoms with Gasteiger partial charge in [-0.2, -0.15) is 5.10 Å². The van der Waals surface area contributed by atoms with Gasteiger partial charge in [-0.15, -0.1) is 0 Å². The number of carbonyl (C=O) groups excluding carboxylic acids is 1. The van der Waals surface area contributed by atoms with Crippen molar-refractivity contribution >= 4 is 22.9 Å². The van der Waals surface area contributed by atoms with Crippen molar-refractivity contribution in [3.8, 4) is 0 Å². The number of rotatable bonds is 3. The molecule has 1 N–H and O–H groups in total. The van der Waals surface area contributed by atoms with Crippen LogP contribution in [0, 0.1) is 28.6 Å². The summed E-state index contributed by atoms with van der Waals surface area (Å²) >= 11 is 0. The number of hydrogen-bond acceptors (Lipinski definition) is 5. The molecule has 0 saturated heterocycles. The summed E-state index contributed by atoms with van der Waals surface area (Å²) in [6.45, 7) is 15.8. The van der Waals surface area contributed by atoms with Crippen molar-refractivity contribution in [2.75, 3.05) is 24.0 Å². The van der Waals surface area contributed by atoms with Gasteiger partial charge in [0, 0.05) is 37.0 Å². The maximum atomic E-state index is 14.5. The Kier molecular flexibility index (Phi) is 6.58. The van der Waals surface area contributed by atoms with Gasteiger partial charge in [-0.25, -0.2) is 5.01 Å². The van der Waals surface area contributed by atoms with Gasteiger partial charge in [0.1, 0.15) is 6.17 Å². The Morgan fingerprint density at radius 1 is 0.895 bits per heavy atom. The van der Waals surface area contributed by atoms with E-state index in [0.29, 0.717) is 11.7 Å². The molecule has 202 valence electrons. The number of benzene rings is 2. The van der Waals surface area contributed by atoms with E-state index in [4.69, 9.17) is 5.10 Å². The summed E-state index contributed by atoms with van der Waals surface area (Å²) < 4.78 is 0. The lowest BCUT2D eigenvalue weighted by atomic mass is 9.56. The van der Waals surface area contributed by atoms with Gasteiger partial charge in [-0.3, -0.25) is 10.1 Å². The molecule has 0 aromatic heterocycles. The van der Waals surface area contributed by atoms with E-state index in [1.807, 2.05) is 6.07 Å². The number of hydrazone groups is 1. The standard InChI is InChI=1S/C33H44N4O/c1-20-26-27-24(32(2,3)4)19-25(33(5,6)7)30(38)28(27)29(21-15-17-22(18-16-21)36(8)9)34-31(26)37(35-20)23-13-11-10-12-14-23/h10-18,24-26,29,31,34H,19H2,1-9H3. The van der Waals surface area contributed by atoms with Crippen LogP contribution in [0.3, 0.4) is 0 Å². The topological polar surface area (TPSA) is 47.9 Å². The van der Waals surface area contributed by atoms with Crippen LogP contribution in [-0.2, 0) is 4.79 Å². The Morgan fingerprint density at radius 3 is 2.05 bits per heavy atom. The predicted molar refractivity (Wildman–Crippen MR) is 158 cm³/mol. The molecule has 5 heteroatoms. The number of fused-ring (bicyclic) bond motifs is 2. The number of nitrogens with zero attached hydrogens (tertiary/aromatic N) is 3. The summed E-state index contributed by atoms with van der Waals surface area (Å²) in [4.78, 5) is 16.6. The summed E-state index contributed by atoms with van der Waals surface area (Å²) in [6, 6.07) is 18.9. The molecule has 2 aromatic rings. The third-order valence-corrected chi connectivity index (χ3v) is 8.85. The summed E-state index contributed by atoms with van der Waals surface area (Å²) in [5, 5.41) is 11.2. The molecule has 5 atom stereocenters. The summed E-state index contributed by atoms with van der Waals surface area (Å²) in [6.07, 6.45) is 0.845. The van der Waals surface area contributed by atoms with Gasteiger partial charge in [-0.1, -0.05) is 71.9 Å². The predicted octanol–water partition coefficient (Wildman–Crippen LogP) is 6.83. The molecule has 1 aliphatic carbocycles. The van der Waals surface area contributed by atoms with Gasteiger partial charge < -0.3 is 4.90 Å². The van der Waals surface area contributed by atoms with E-state index in [1.165, 1.54) is 5.57 Å². The number of nitrogens with one attached hydrogen (secondary N) is 1. The van der Waals surface area contributed by atoms with Crippen molar-refractivity contribution < 1.29 is 4.79 Å². The van der Waals surface area contributed by atoms with Crippen LogP contribution in [0.2, 0.25) is 0 Å². The molecule has 0 radical (unpaired) electrons. The normalized spacial score (nSPS) is 27.7. The molecule has 38 heavy (non-hydrogen) atoms. The van der Waals surface area contributed by atoms with Crippen molar-refractivity contribution in [3.63, 3.8) is 0 Å². The van der Waals surface area contributed by atoms with E-state index in [0.717, 1.165) is 34.6 Å². The minimum absolute atomic E-state index is 0.0174. The molecule has 5 unspecified atom stereocenters. The fraction of sp³-hybridized carbons (Fsp3) is 0.515. The lowest BCUT2D eigenvalue weighted by molar-refractivity contribution is -0.125. The molecule has 5 nitrogen and oxygen atoms in total. The highest BCUT2D eigenvalue weighted by Gasteiger charge is 2.55. The summed E-state index contributed by atoms with van der Waals surface area (Å²) in [5.41, 5.74) is 6.65.